The Morgan fingerprint density at radius 3 is 1.46 bits per heavy atom. The first-order chi connectivity index (χ1) is 31.9. The maximum Gasteiger partial charge on any atom is 0.0999 e. The Morgan fingerprint density at radius 2 is 0.831 bits per heavy atom. The van der Waals surface area contributed by atoms with Crippen LogP contribution in [0.5, 0.6) is 0 Å². The summed E-state index contributed by atoms with van der Waals surface area (Å²) in [4.78, 5) is 7.21. The molecule has 2 heterocycles. The van der Waals surface area contributed by atoms with Gasteiger partial charge < -0.3 is 14.7 Å². The van der Waals surface area contributed by atoms with E-state index in [1.807, 2.05) is 0 Å². The van der Waals surface area contributed by atoms with Crippen molar-refractivity contribution in [1.82, 2.24) is 0 Å². The lowest BCUT2D eigenvalue weighted by molar-refractivity contribution is 0.660. The molecule has 0 spiro atoms. The van der Waals surface area contributed by atoms with Crippen molar-refractivity contribution in [2.24, 2.45) is 0 Å². The van der Waals surface area contributed by atoms with Crippen molar-refractivity contribution in [2.75, 3.05) is 14.7 Å². The number of nitrogens with zero attached hydrogens (tertiary/aromatic N) is 3. The Morgan fingerprint density at radius 1 is 0.338 bits per heavy atom. The van der Waals surface area contributed by atoms with Crippen LogP contribution >= 0.6 is 22.7 Å². The van der Waals surface area contributed by atoms with Crippen LogP contribution in [0.2, 0.25) is 0 Å². The fourth-order valence-corrected chi connectivity index (χ4v) is 11.0. The van der Waals surface area contributed by atoms with Gasteiger partial charge in [-0.3, -0.25) is 0 Å². The molecule has 0 saturated heterocycles. The van der Waals surface area contributed by atoms with Gasteiger partial charge in [0.2, 0.25) is 0 Å². The van der Waals surface area contributed by atoms with Crippen LogP contribution in [0.4, 0.5) is 49.8 Å². The average molecular weight is 874 g/mol. The van der Waals surface area contributed by atoms with Gasteiger partial charge in [0.05, 0.1) is 10.0 Å². The number of anilines is 9. The molecular formula is C60H47N3S2. The highest BCUT2D eigenvalue weighted by Gasteiger charge is 2.36. The lowest BCUT2D eigenvalue weighted by Crippen LogP contribution is -2.16. The highest BCUT2D eigenvalue weighted by Crippen LogP contribution is 2.52. The number of rotatable bonds is 11. The van der Waals surface area contributed by atoms with Crippen LogP contribution in [-0.2, 0) is 5.41 Å². The summed E-state index contributed by atoms with van der Waals surface area (Å²) in [5.41, 5.74) is 18.9. The molecule has 314 valence electrons. The van der Waals surface area contributed by atoms with Gasteiger partial charge in [0.1, 0.15) is 0 Å². The third-order valence-corrected chi connectivity index (χ3v) is 14.5. The minimum Gasteiger partial charge on any atom is -0.310 e. The summed E-state index contributed by atoms with van der Waals surface area (Å²) in [5, 5.41) is 6.65. The summed E-state index contributed by atoms with van der Waals surface area (Å²) in [6, 6.07) is 79.8. The molecule has 0 aliphatic heterocycles. The predicted molar refractivity (Wildman–Crippen MR) is 279 cm³/mol. The van der Waals surface area contributed by atoms with E-state index in [0.717, 1.165) is 60.9 Å². The van der Waals surface area contributed by atoms with Crippen molar-refractivity contribution in [3.8, 4) is 33.4 Å². The zero-order valence-corrected chi connectivity index (χ0v) is 38.2. The van der Waals surface area contributed by atoms with Crippen LogP contribution in [0.3, 0.4) is 0 Å². The van der Waals surface area contributed by atoms with Gasteiger partial charge in [0, 0.05) is 45.2 Å². The number of hydrogen-bond donors (Lipinski definition) is 0. The SMILES string of the molecule is Cc1ccccc1N(c1ccccc1)c1ccc(-c2cc(N(c3ccc(-c4ccccc4)cc3)c3cccs3)cc(N(c3ccc4c(c3)C(C)(C)c3ccccc3-4)c3cccs3)c2)cc1. The molecule has 2 aromatic heterocycles. The highest BCUT2D eigenvalue weighted by molar-refractivity contribution is 7.14. The van der Waals surface area contributed by atoms with E-state index < -0.39 is 0 Å². The standard InChI is InChI=1S/C60H47N3S2/c1-42-16-10-13-23-57(42)61(47-19-8-5-9-20-47)48-30-28-45(29-31-48)46-38-51(62(58-24-14-36-64-58)49-32-26-44(27-33-49)43-17-6-4-7-18-43)40-52(39-46)63(59-25-15-37-65-59)50-34-35-54-53-21-11-12-22-55(53)60(2,3)56(54)41-50/h4-41H,1-3H3. The van der Waals surface area contributed by atoms with Crippen molar-refractivity contribution in [2.45, 2.75) is 26.2 Å². The topological polar surface area (TPSA) is 9.72 Å². The minimum atomic E-state index is -0.133. The molecule has 1 aliphatic carbocycles. The number of para-hydroxylation sites is 2. The fraction of sp³-hybridized carbons (Fsp3) is 0.0667. The maximum absolute atomic E-state index is 2.45. The molecule has 1 aliphatic rings. The fourth-order valence-electron chi connectivity index (χ4n) is 9.51. The van der Waals surface area contributed by atoms with Crippen molar-refractivity contribution in [1.29, 1.82) is 0 Å². The van der Waals surface area contributed by atoms with E-state index in [4.69, 9.17) is 0 Å². The number of benzene rings is 8. The summed E-state index contributed by atoms with van der Waals surface area (Å²) >= 11 is 3.51. The minimum absolute atomic E-state index is 0.133. The van der Waals surface area contributed by atoms with E-state index in [9.17, 15) is 0 Å². The van der Waals surface area contributed by atoms with Crippen molar-refractivity contribution in [3.05, 3.63) is 246 Å². The number of thiophene rings is 2. The van der Waals surface area contributed by atoms with Gasteiger partial charge in [-0.2, -0.15) is 0 Å². The lowest BCUT2D eigenvalue weighted by atomic mass is 9.82. The number of hydrogen-bond acceptors (Lipinski definition) is 5. The molecule has 5 heteroatoms. The zero-order valence-electron chi connectivity index (χ0n) is 36.6. The first-order valence-electron chi connectivity index (χ1n) is 22.1. The molecule has 11 rings (SSSR count). The zero-order chi connectivity index (χ0) is 43.9. The molecule has 0 atom stereocenters. The third kappa shape index (κ3) is 7.53. The van der Waals surface area contributed by atoms with Gasteiger partial charge in [-0.25, -0.2) is 0 Å². The smallest absolute Gasteiger partial charge is 0.0999 e. The highest BCUT2D eigenvalue weighted by atomic mass is 32.1. The third-order valence-electron chi connectivity index (χ3n) is 12.8. The molecular weight excluding hydrogens is 827 g/mol. The molecule has 0 N–H and O–H groups in total. The van der Waals surface area contributed by atoms with Crippen LogP contribution in [0.15, 0.2) is 229 Å². The van der Waals surface area contributed by atoms with E-state index >= 15 is 0 Å². The Labute approximate surface area is 390 Å². The second-order valence-corrected chi connectivity index (χ2v) is 19.0. The average Bonchev–Trinajstić information content (AvgIpc) is 4.13. The molecule has 0 unspecified atom stereocenters. The van der Waals surface area contributed by atoms with Gasteiger partial charge in [-0.1, -0.05) is 135 Å². The summed E-state index contributed by atoms with van der Waals surface area (Å²) in [7, 11) is 0. The first kappa shape index (κ1) is 40.3. The van der Waals surface area contributed by atoms with E-state index in [1.165, 1.54) is 38.9 Å². The van der Waals surface area contributed by atoms with E-state index in [1.54, 1.807) is 22.7 Å². The molecule has 3 nitrogen and oxygen atoms in total. The quantitative estimate of drug-likeness (QED) is 0.128. The summed E-state index contributed by atoms with van der Waals surface area (Å²) in [6.45, 7) is 6.90. The van der Waals surface area contributed by atoms with Crippen LogP contribution < -0.4 is 14.7 Å². The van der Waals surface area contributed by atoms with Crippen LogP contribution in [0.25, 0.3) is 33.4 Å². The predicted octanol–water partition coefficient (Wildman–Crippen LogP) is 18.2. The van der Waals surface area contributed by atoms with Crippen LogP contribution in [0.1, 0.15) is 30.5 Å². The lowest BCUT2D eigenvalue weighted by Gasteiger charge is -2.30. The largest absolute Gasteiger partial charge is 0.310 e. The van der Waals surface area contributed by atoms with Gasteiger partial charge >= 0.3 is 0 Å². The molecule has 0 saturated carbocycles. The molecule has 0 bridgehead atoms. The second-order valence-electron chi connectivity index (χ2n) is 17.1. The Kier molecular flexibility index (Phi) is 10.5. The Hall–Kier alpha value is -7.44. The van der Waals surface area contributed by atoms with Gasteiger partial charge in [0.25, 0.3) is 0 Å². The molecule has 8 aromatic carbocycles. The first-order valence-corrected chi connectivity index (χ1v) is 23.9. The molecule has 0 amide bonds. The summed E-state index contributed by atoms with van der Waals surface area (Å²) in [5.74, 6) is 0. The summed E-state index contributed by atoms with van der Waals surface area (Å²) in [6.07, 6.45) is 0. The Balaban J connectivity index is 1.09. The molecule has 65 heavy (non-hydrogen) atoms. The second kappa shape index (κ2) is 16.9. The normalized spacial score (nSPS) is 12.4. The van der Waals surface area contributed by atoms with Crippen molar-refractivity contribution in [3.63, 3.8) is 0 Å². The van der Waals surface area contributed by atoms with Gasteiger partial charge in [-0.05, 0) is 165 Å². The van der Waals surface area contributed by atoms with E-state index in [-0.39, 0.29) is 5.41 Å². The van der Waals surface area contributed by atoms with E-state index in [2.05, 4.69) is 265 Å². The van der Waals surface area contributed by atoms with Crippen molar-refractivity contribution < 1.29 is 0 Å². The monoisotopic (exact) mass is 873 g/mol. The number of fused-ring (bicyclic) bond motifs is 3. The van der Waals surface area contributed by atoms with Gasteiger partial charge in [-0.15, -0.1) is 22.7 Å². The summed E-state index contributed by atoms with van der Waals surface area (Å²) < 4.78 is 0. The molecule has 10 aromatic rings. The van der Waals surface area contributed by atoms with Gasteiger partial charge in [0.15, 0.2) is 0 Å². The molecule has 0 radical (unpaired) electrons. The van der Waals surface area contributed by atoms with Crippen LogP contribution in [0, 0.1) is 6.92 Å². The Bertz CT molecular complexity index is 3230. The van der Waals surface area contributed by atoms with E-state index in [0.29, 0.717) is 0 Å². The molecule has 0 fully saturated rings. The number of aryl methyl sites for hydroxylation is 1. The van der Waals surface area contributed by atoms with Crippen LogP contribution in [-0.4, -0.2) is 0 Å². The van der Waals surface area contributed by atoms with Crippen molar-refractivity contribution >= 4 is 72.5 Å². The maximum atomic E-state index is 2.45.